The molecule has 0 unspecified atom stereocenters. The number of carbonyl (C=O) groups excluding carboxylic acids is 1. The normalized spacial score (nSPS) is 12.8. The third kappa shape index (κ3) is 5.01. The van der Waals surface area contributed by atoms with Crippen LogP contribution in [0, 0.1) is 0 Å². The molecule has 0 aliphatic heterocycles. The number of aromatic nitrogens is 1. The van der Waals surface area contributed by atoms with E-state index in [0.29, 0.717) is 11.9 Å². The van der Waals surface area contributed by atoms with Crippen molar-refractivity contribution in [2.75, 3.05) is 6.61 Å². The van der Waals surface area contributed by atoms with E-state index in [2.05, 4.69) is 9.73 Å². The summed E-state index contributed by atoms with van der Waals surface area (Å²) >= 11 is 5.73. The molecule has 6 nitrogen and oxygen atoms in total. The minimum atomic E-state index is -4.94. The van der Waals surface area contributed by atoms with Crippen LogP contribution < -0.4 is 11.3 Å². The number of pyridine rings is 1. The van der Waals surface area contributed by atoms with Crippen molar-refractivity contribution in [3.05, 3.63) is 69.7 Å². The van der Waals surface area contributed by atoms with Gasteiger partial charge in [-0.3, -0.25) is 9.36 Å². The number of hydrogen-bond donors (Lipinski definition) is 1. The molecule has 0 aliphatic carbocycles. The highest BCUT2D eigenvalue weighted by Crippen LogP contribution is 2.27. The number of nitrogens with two attached hydrogens (primary N) is 1. The number of rotatable bonds is 5. The molecule has 0 aliphatic rings. The summed E-state index contributed by atoms with van der Waals surface area (Å²) in [6.07, 6.45) is -3.00. The molecule has 2 rings (SSSR count). The summed E-state index contributed by atoms with van der Waals surface area (Å²) in [4.78, 5) is 27.2. The van der Waals surface area contributed by atoms with Crippen LogP contribution in [-0.4, -0.2) is 29.0 Å². The first kappa shape index (κ1) is 21.2. The average Bonchev–Trinajstić information content (AvgIpc) is 2.62. The maximum atomic E-state index is 13.4. The van der Waals surface area contributed by atoms with Crippen molar-refractivity contribution in [1.82, 2.24) is 4.57 Å². The molecule has 0 amide bonds. The summed E-state index contributed by atoms with van der Waals surface area (Å²) in [6, 6.07) is 8.03. The fourth-order valence-corrected chi connectivity index (χ4v) is 2.36. The van der Waals surface area contributed by atoms with Gasteiger partial charge in [0.1, 0.15) is 5.57 Å². The minimum Gasteiger partial charge on any atom is -0.462 e. The van der Waals surface area contributed by atoms with Crippen LogP contribution in [0.5, 0.6) is 0 Å². The van der Waals surface area contributed by atoms with Gasteiger partial charge in [0.2, 0.25) is 0 Å². The molecule has 0 bridgehead atoms. The Bertz CT molecular complexity index is 980. The Morgan fingerprint density at radius 2 is 1.93 bits per heavy atom. The SMILES string of the molecule is CCOC(=O)/C(=C/N)C(=Nc1ccc(-n2ccc(Cl)cc2=O)cc1)C(F)(F)F. The molecule has 0 atom stereocenters. The Kier molecular flexibility index (Phi) is 6.63. The minimum absolute atomic E-state index is 0.0956. The Labute approximate surface area is 162 Å². The lowest BCUT2D eigenvalue weighted by atomic mass is 10.1. The van der Waals surface area contributed by atoms with E-state index in [-0.39, 0.29) is 17.3 Å². The van der Waals surface area contributed by atoms with Gasteiger partial charge in [0.05, 0.1) is 12.3 Å². The second-order valence-corrected chi connectivity index (χ2v) is 5.77. The van der Waals surface area contributed by atoms with Gasteiger partial charge in [-0.05, 0) is 37.3 Å². The van der Waals surface area contributed by atoms with E-state index in [1.807, 2.05) is 0 Å². The molecule has 1 heterocycles. The lowest BCUT2D eigenvalue weighted by Gasteiger charge is -2.13. The smallest absolute Gasteiger partial charge is 0.434 e. The highest BCUT2D eigenvalue weighted by atomic mass is 35.5. The van der Waals surface area contributed by atoms with Gasteiger partial charge in [0.15, 0.2) is 5.71 Å². The van der Waals surface area contributed by atoms with Crippen molar-refractivity contribution in [2.45, 2.75) is 13.1 Å². The third-order valence-electron chi connectivity index (χ3n) is 3.44. The van der Waals surface area contributed by atoms with Crippen molar-refractivity contribution in [1.29, 1.82) is 0 Å². The van der Waals surface area contributed by atoms with Gasteiger partial charge >= 0.3 is 12.1 Å². The van der Waals surface area contributed by atoms with Crippen LogP contribution in [0.15, 0.2) is 64.2 Å². The van der Waals surface area contributed by atoms with E-state index in [1.165, 1.54) is 54.1 Å². The highest BCUT2D eigenvalue weighted by Gasteiger charge is 2.41. The molecular weight excluding hydrogens is 399 g/mol. The predicted molar refractivity (Wildman–Crippen MR) is 99.1 cm³/mol. The van der Waals surface area contributed by atoms with Gasteiger partial charge in [-0.15, -0.1) is 0 Å². The molecule has 1 aromatic carbocycles. The molecule has 2 aromatic rings. The molecule has 28 heavy (non-hydrogen) atoms. The van der Waals surface area contributed by atoms with Gasteiger partial charge in [0, 0.05) is 29.2 Å². The Hall–Kier alpha value is -3.07. The molecule has 0 fully saturated rings. The highest BCUT2D eigenvalue weighted by molar-refractivity contribution is 6.30. The molecule has 0 radical (unpaired) electrons. The zero-order chi connectivity index (χ0) is 20.9. The quantitative estimate of drug-likeness (QED) is 0.461. The first-order valence-electron chi connectivity index (χ1n) is 7.91. The van der Waals surface area contributed by atoms with E-state index >= 15 is 0 Å². The van der Waals surface area contributed by atoms with E-state index < -0.39 is 29.0 Å². The fraction of sp³-hybridized carbons (Fsp3) is 0.167. The van der Waals surface area contributed by atoms with Crippen molar-refractivity contribution in [3.63, 3.8) is 0 Å². The lowest BCUT2D eigenvalue weighted by Crippen LogP contribution is -2.30. The predicted octanol–water partition coefficient (Wildman–Crippen LogP) is 3.53. The van der Waals surface area contributed by atoms with Gasteiger partial charge < -0.3 is 10.5 Å². The summed E-state index contributed by atoms with van der Waals surface area (Å²) in [5.74, 6) is -1.23. The van der Waals surface area contributed by atoms with Crippen LogP contribution in [0.1, 0.15) is 6.92 Å². The maximum Gasteiger partial charge on any atom is 0.434 e. The van der Waals surface area contributed by atoms with Gasteiger partial charge in [0.25, 0.3) is 5.56 Å². The van der Waals surface area contributed by atoms with Crippen LogP contribution >= 0.6 is 11.6 Å². The number of hydrogen-bond acceptors (Lipinski definition) is 5. The molecule has 10 heteroatoms. The summed E-state index contributed by atoms with van der Waals surface area (Å²) in [7, 11) is 0. The summed E-state index contributed by atoms with van der Waals surface area (Å²) in [5.41, 5.74) is 2.71. The van der Waals surface area contributed by atoms with Crippen LogP contribution in [-0.2, 0) is 9.53 Å². The van der Waals surface area contributed by atoms with Crippen LogP contribution in [0.3, 0.4) is 0 Å². The average molecular weight is 414 g/mol. The topological polar surface area (TPSA) is 86.7 Å². The van der Waals surface area contributed by atoms with Gasteiger partial charge in [-0.25, -0.2) is 9.79 Å². The number of alkyl halides is 3. The third-order valence-corrected chi connectivity index (χ3v) is 3.67. The van der Waals surface area contributed by atoms with E-state index in [0.717, 1.165) is 0 Å². The number of aliphatic imine (C=N–C) groups is 1. The zero-order valence-electron chi connectivity index (χ0n) is 14.5. The largest absolute Gasteiger partial charge is 0.462 e. The van der Waals surface area contributed by atoms with Crippen LogP contribution in [0.25, 0.3) is 5.69 Å². The number of carbonyl (C=O) groups is 1. The molecule has 0 saturated carbocycles. The molecule has 148 valence electrons. The van der Waals surface area contributed by atoms with Crippen molar-refractivity contribution in [2.24, 2.45) is 10.7 Å². The van der Waals surface area contributed by atoms with Crippen molar-refractivity contribution < 1.29 is 22.7 Å². The van der Waals surface area contributed by atoms with E-state index in [4.69, 9.17) is 17.3 Å². The van der Waals surface area contributed by atoms with Crippen molar-refractivity contribution in [3.8, 4) is 5.69 Å². The van der Waals surface area contributed by atoms with Gasteiger partial charge in [-0.1, -0.05) is 11.6 Å². The monoisotopic (exact) mass is 413 g/mol. The first-order valence-corrected chi connectivity index (χ1v) is 8.29. The summed E-state index contributed by atoms with van der Waals surface area (Å²) < 4.78 is 46.0. The van der Waals surface area contributed by atoms with Crippen LogP contribution in [0.4, 0.5) is 18.9 Å². The first-order chi connectivity index (χ1) is 13.2. The zero-order valence-corrected chi connectivity index (χ0v) is 15.3. The number of halogens is 4. The molecule has 2 N–H and O–H groups in total. The number of ether oxygens (including phenoxy) is 1. The second kappa shape index (κ2) is 8.75. The molecular formula is C18H15ClF3N3O3. The van der Waals surface area contributed by atoms with E-state index in [1.54, 1.807) is 0 Å². The van der Waals surface area contributed by atoms with Crippen LogP contribution in [0.2, 0.25) is 5.02 Å². The van der Waals surface area contributed by atoms with E-state index in [9.17, 15) is 22.8 Å². The number of benzene rings is 1. The Balaban J connectivity index is 2.45. The van der Waals surface area contributed by atoms with Gasteiger partial charge in [-0.2, -0.15) is 13.2 Å². The molecule has 0 saturated heterocycles. The standard InChI is InChI=1S/C18H15ClF3N3O3/c1-2-28-17(27)14(10-23)16(18(20,21)22)24-12-3-5-13(6-4-12)25-8-7-11(19)9-15(25)26/h3-10H,2,23H2,1H3/b14-10+,24-16?. The summed E-state index contributed by atoms with van der Waals surface area (Å²) in [6.45, 7) is 1.33. The number of nitrogens with zero attached hydrogens (tertiary/aromatic N) is 2. The molecule has 1 aromatic heterocycles. The second-order valence-electron chi connectivity index (χ2n) is 5.33. The Morgan fingerprint density at radius 1 is 1.29 bits per heavy atom. The maximum absolute atomic E-state index is 13.4. The number of esters is 1. The lowest BCUT2D eigenvalue weighted by molar-refractivity contribution is -0.138. The fourth-order valence-electron chi connectivity index (χ4n) is 2.21. The van der Waals surface area contributed by atoms with Crippen molar-refractivity contribution >= 4 is 29.0 Å². The summed E-state index contributed by atoms with van der Waals surface area (Å²) in [5, 5.41) is 0.261. The molecule has 0 spiro atoms. The Morgan fingerprint density at radius 3 is 2.43 bits per heavy atom.